The lowest BCUT2D eigenvalue weighted by Gasteiger charge is -2.06. The lowest BCUT2D eigenvalue weighted by Crippen LogP contribution is -2.10. The number of nitrogens with zero attached hydrogens (tertiary/aromatic N) is 1. The number of hydrogen-bond donors (Lipinski definition) is 1. The van der Waals surface area contributed by atoms with Crippen LogP contribution in [0.4, 0.5) is 4.39 Å². The van der Waals surface area contributed by atoms with Crippen LogP contribution in [-0.2, 0) is 6.42 Å². The Hall–Kier alpha value is -1.84. The van der Waals surface area contributed by atoms with E-state index in [4.69, 9.17) is 11.6 Å². The van der Waals surface area contributed by atoms with Crippen LogP contribution in [0.3, 0.4) is 0 Å². The highest BCUT2D eigenvalue weighted by Gasteiger charge is 2.18. The minimum atomic E-state index is -0.217. The van der Waals surface area contributed by atoms with Gasteiger partial charge in [-0.05, 0) is 79.9 Å². The van der Waals surface area contributed by atoms with Crippen molar-refractivity contribution in [2.45, 2.75) is 12.8 Å². The molecule has 3 aromatic rings. The predicted molar refractivity (Wildman–Crippen MR) is 92.9 cm³/mol. The number of aromatic nitrogens is 1. The van der Waals surface area contributed by atoms with Gasteiger partial charge in [0.05, 0.1) is 5.52 Å². The molecule has 1 fully saturated rings. The van der Waals surface area contributed by atoms with E-state index in [1.807, 2.05) is 30.3 Å². The van der Waals surface area contributed by atoms with Crippen molar-refractivity contribution >= 4 is 22.5 Å². The smallest absolute Gasteiger partial charge is 0.123 e. The highest BCUT2D eigenvalue weighted by molar-refractivity contribution is 6.31. The van der Waals surface area contributed by atoms with Crippen LogP contribution in [0.25, 0.3) is 16.6 Å². The molecule has 23 heavy (non-hydrogen) atoms. The lowest BCUT2D eigenvalue weighted by atomic mass is 9.98. The maximum Gasteiger partial charge on any atom is 0.123 e. The van der Waals surface area contributed by atoms with E-state index >= 15 is 0 Å². The molecule has 1 saturated heterocycles. The summed E-state index contributed by atoms with van der Waals surface area (Å²) in [5.41, 5.74) is 3.39. The highest BCUT2D eigenvalue weighted by atomic mass is 35.5. The molecule has 2 aromatic carbocycles. The van der Waals surface area contributed by atoms with E-state index in [9.17, 15) is 4.39 Å². The first kappa shape index (κ1) is 14.7. The summed E-state index contributed by atoms with van der Waals surface area (Å²) in [5, 5.41) is 5.36. The summed E-state index contributed by atoms with van der Waals surface area (Å²) in [6, 6.07) is 12.6. The molecule has 118 valence electrons. The zero-order valence-electron chi connectivity index (χ0n) is 12.7. The van der Waals surface area contributed by atoms with Gasteiger partial charge in [-0.25, -0.2) is 4.39 Å². The summed E-state index contributed by atoms with van der Waals surface area (Å²) >= 11 is 6.21. The Morgan fingerprint density at radius 1 is 1.17 bits per heavy atom. The van der Waals surface area contributed by atoms with Crippen molar-refractivity contribution < 1.29 is 4.39 Å². The van der Waals surface area contributed by atoms with Gasteiger partial charge in [0.1, 0.15) is 5.82 Å². The van der Waals surface area contributed by atoms with E-state index in [0.29, 0.717) is 5.92 Å². The maximum atomic E-state index is 13.2. The van der Waals surface area contributed by atoms with Crippen LogP contribution in [0, 0.1) is 11.7 Å². The average Bonchev–Trinajstić information content (AvgIpc) is 3.17. The third kappa shape index (κ3) is 2.87. The largest absolute Gasteiger partial charge is 0.316 e. The number of benzene rings is 2. The Balaban J connectivity index is 1.82. The second-order valence-electron chi connectivity index (χ2n) is 6.23. The third-order valence-corrected chi connectivity index (χ3v) is 4.86. The molecule has 0 radical (unpaired) electrons. The van der Waals surface area contributed by atoms with Crippen molar-refractivity contribution in [3.63, 3.8) is 0 Å². The number of hydrogen-bond acceptors (Lipinski definition) is 1. The zero-order chi connectivity index (χ0) is 15.8. The molecule has 0 amide bonds. The van der Waals surface area contributed by atoms with E-state index in [1.165, 1.54) is 29.5 Å². The van der Waals surface area contributed by atoms with Crippen LogP contribution in [-0.4, -0.2) is 17.7 Å². The quantitative estimate of drug-likeness (QED) is 0.745. The van der Waals surface area contributed by atoms with Gasteiger partial charge in [0.2, 0.25) is 0 Å². The molecule has 4 rings (SSSR count). The molecule has 0 aliphatic carbocycles. The average molecular weight is 329 g/mol. The molecule has 0 saturated carbocycles. The minimum Gasteiger partial charge on any atom is -0.316 e. The van der Waals surface area contributed by atoms with Crippen molar-refractivity contribution in [2.24, 2.45) is 5.92 Å². The molecule has 1 aromatic heterocycles. The van der Waals surface area contributed by atoms with Gasteiger partial charge >= 0.3 is 0 Å². The Kier molecular flexibility index (Phi) is 3.83. The summed E-state index contributed by atoms with van der Waals surface area (Å²) < 4.78 is 15.3. The fourth-order valence-corrected chi connectivity index (χ4v) is 3.62. The van der Waals surface area contributed by atoms with E-state index in [-0.39, 0.29) is 5.82 Å². The number of fused-ring (bicyclic) bond motifs is 1. The molecular formula is C19H18ClFN2. The van der Waals surface area contributed by atoms with E-state index < -0.39 is 0 Å². The topological polar surface area (TPSA) is 17.0 Å². The predicted octanol–water partition coefficient (Wildman–Crippen LogP) is 4.58. The fourth-order valence-electron chi connectivity index (χ4n) is 3.45. The van der Waals surface area contributed by atoms with Crippen molar-refractivity contribution in [1.82, 2.24) is 9.88 Å². The third-order valence-electron chi connectivity index (χ3n) is 4.62. The maximum absolute atomic E-state index is 13.2. The van der Waals surface area contributed by atoms with E-state index in [2.05, 4.69) is 16.1 Å². The zero-order valence-corrected chi connectivity index (χ0v) is 13.5. The van der Waals surface area contributed by atoms with Crippen molar-refractivity contribution in [3.8, 4) is 5.69 Å². The standard InChI is InChI=1S/C19H18ClFN2/c20-15-1-6-19-18(10-15)14(9-13-7-8-22-11-13)12-23(19)17-4-2-16(21)3-5-17/h1-6,10,12-13,22H,7-9,11H2. The molecule has 0 spiro atoms. The summed E-state index contributed by atoms with van der Waals surface area (Å²) in [6.45, 7) is 2.17. The molecular weight excluding hydrogens is 311 g/mol. The fraction of sp³-hybridized carbons (Fsp3) is 0.263. The van der Waals surface area contributed by atoms with Crippen LogP contribution < -0.4 is 5.32 Å². The van der Waals surface area contributed by atoms with Gasteiger partial charge < -0.3 is 9.88 Å². The summed E-state index contributed by atoms with van der Waals surface area (Å²) in [5.74, 6) is 0.451. The van der Waals surface area contributed by atoms with Crippen molar-refractivity contribution in [2.75, 3.05) is 13.1 Å². The van der Waals surface area contributed by atoms with Gasteiger partial charge in [-0.3, -0.25) is 0 Å². The first-order valence-electron chi connectivity index (χ1n) is 7.97. The van der Waals surface area contributed by atoms with Gasteiger partial charge in [-0.1, -0.05) is 11.6 Å². The number of halogens is 2. The monoisotopic (exact) mass is 328 g/mol. The summed E-state index contributed by atoms with van der Waals surface area (Å²) in [6.07, 6.45) is 4.42. The Bertz CT molecular complexity index is 832. The van der Waals surface area contributed by atoms with Gasteiger partial charge in [0.25, 0.3) is 0 Å². The number of nitrogens with one attached hydrogen (secondary N) is 1. The van der Waals surface area contributed by atoms with Crippen LogP contribution in [0.15, 0.2) is 48.7 Å². The van der Waals surface area contributed by atoms with Crippen LogP contribution in [0.5, 0.6) is 0 Å². The number of rotatable bonds is 3. The second-order valence-corrected chi connectivity index (χ2v) is 6.66. The van der Waals surface area contributed by atoms with Crippen LogP contribution >= 0.6 is 11.6 Å². The van der Waals surface area contributed by atoms with Crippen molar-refractivity contribution in [1.29, 1.82) is 0 Å². The lowest BCUT2D eigenvalue weighted by molar-refractivity contribution is 0.582. The molecule has 1 aliphatic rings. The molecule has 1 aliphatic heterocycles. The Morgan fingerprint density at radius 2 is 2.00 bits per heavy atom. The molecule has 1 atom stereocenters. The summed E-state index contributed by atoms with van der Waals surface area (Å²) in [4.78, 5) is 0. The van der Waals surface area contributed by atoms with Crippen molar-refractivity contribution in [3.05, 3.63) is 65.1 Å². The summed E-state index contributed by atoms with van der Waals surface area (Å²) in [7, 11) is 0. The molecule has 1 unspecified atom stereocenters. The molecule has 4 heteroatoms. The minimum absolute atomic E-state index is 0.217. The van der Waals surface area contributed by atoms with Gasteiger partial charge in [0, 0.05) is 22.3 Å². The first-order valence-corrected chi connectivity index (χ1v) is 8.34. The van der Waals surface area contributed by atoms with E-state index in [1.54, 1.807) is 0 Å². The normalized spacial score (nSPS) is 17.9. The molecule has 2 heterocycles. The van der Waals surface area contributed by atoms with Crippen LogP contribution in [0.2, 0.25) is 5.02 Å². The highest BCUT2D eigenvalue weighted by Crippen LogP contribution is 2.30. The molecule has 1 N–H and O–H groups in total. The SMILES string of the molecule is Fc1ccc(-n2cc(CC3CCNC3)c3cc(Cl)ccc32)cc1. The molecule has 0 bridgehead atoms. The van der Waals surface area contributed by atoms with E-state index in [0.717, 1.165) is 35.7 Å². The molecule has 2 nitrogen and oxygen atoms in total. The Morgan fingerprint density at radius 3 is 2.74 bits per heavy atom. The second kappa shape index (κ2) is 5.99. The Labute approximate surface area is 139 Å². The first-order chi connectivity index (χ1) is 11.2. The van der Waals surface area contributed by atoms with Gasteiger partial charge in [0.15, 0.2) is 0 Å². The van der Waals surface area contributed by atoms with Gasteiger partial charge in [-0.15, -0.1) is 0 Å². The van der Waals surface area contributed by atoms with Gasteiger partial charge in [-0.2, -0.15) is 0 Å². The van der Waals surface area contributed by atoms with Crippen LogP contribution in [0.1, 0.15) is 12.0 Å².